The van der Waals surface area contributed by atoms with E-state index in [0.717, 1.165) is 11.6 Å². The monoisotopic (exact) mass is 129 g/mol. The van der Waals surface area contributed by atoms with Gasteiger partial charge in [0.2, 0.25) is 5.01 Å². The van der Waals surface area contributed by atoms with Crippen molar-refractivity contribution in [3.8, 4) is 0 Å². The standard InChI is InChI=1S/C5H9N2S/c1-3-7-4-6-5(2)8-7/h4H,3H2,1-2H3/q+1. The van der Waals surface area contributed by atoms with Gasteiger partial charge in [0.15, 0.2) is 0 Å². The zero-order valence-electron chi connectivity index (χ0n) is 5.09. The van der Waals surface area contributed by atoms with E-state index in [1.165, 1.54) is 0 Å². The average Bonchev–Trinajstić information content (AvgIpc) is 2.14. The number of hydrogen-bond acceptors (Lipinski definition) is 2. The van der Waals surface area contributed by atoms with E-state index in [4.69, 9.17) is 0 Å². The van der Waals surface area contributed by atoms with E-state index >= 15 is 0 Å². The average molecular weight is 129 g/mol. The SMILES string of the molecule is CC[n+]1cnc(C)s1. The molecule has 1 rings (SSSR count). The maximum Gasteiger partial charge on any atom is 0.298 e. The van der Waals surface area contributed by atoms with Gasteiger partial charge in [0, 0.05) is 6.92 Å². The van der Waals surface area contributed by atoms with Gasteiger partial charge in [-0.3, -0.25) is 0 Å². The van der Waals surface area contributed by atoms with Crippen molar-refractivity contribution in [3.63, 3.8) is 0 Å². The molecule has 0 N–H and O–H groups in total. The summed E-state index contributed by atoms with van der Waals surface area (Å²) in [5.41, 5.74) is 0. The Hall–Kier alpha value is -0.440. The summed E-state index contributed by atoms with van der Waals surface area (Å²) in [5, 5.41) is 1.13. The third-order valence-electron chi connectivity index (χ3n) is 0.929. The first-order valence-electron chi connectivity index (χ1n) is 2.65. The van der Waals surface area contributed by atoms with E-state index < -0.39 is 0 Å². The zero-order valence-corrected chi connectivity index (χ0v) is 5.90. The van der Waals surface area contributed by atoms with E-state index in [0.29, 0.717) is 0 Å². The first-order chi connectivity index (χ1) is 3.83. The molecule has 0 aliphatic carbocycles. The highest BCUT2D eigenvalue weighted by Gasteiger charge is 2.00. The van der Waals surface area contributed by atoms with Crippen molar-refractivity contribution >= 4 is 11.5 Å². The Bertz CT molecular complexity index is 171. The summed E-state index contributed by atoms with van der Waals surface area (Å²) < 4.78 is 2.09. The van der Waals surface area contributed by atoms with Gasteiger partial charge in [-0.1, -0.05) is 0 Å². The van der Waals surface area contributed by atoms with Crippen molar-refractivity contribution < 1.29 is 3.96 Å². The van der Waals surface area contributed by atoms with Gasteiger partial charge in [0.25, 0.3) is 6.33 Å². The van der Waals surface area contributed by atoms with Crippen LogP contribution in [0.4, 0.5) is 0 Å². The molecule has 44 valence electrons. The van der Waals surface area contributed by atoms with Crippen LogP contribution in [0.25, 0.3) is 0 Å². The van der Waals surface area contributed by atoms with Crippen LogP contribution in [0.15, 0.2) is 6.33 Å². The predicted octanol–water partition coefficient (Wildman–Crippen LogP) is 0.759. The van der Waals surface area contributed by atoms with Gasteiger partial charge in [-0.15, -0.1) is 0 Å². The fourth-order valence-electron chi connectivity index (χ4n) is 0.509. The van der Waals surface area contributed by atoms with Gasteiger partial charge < -0.3 is 0 Å². The molecule has 0 unspecified atom stereocenters. The van der Waals surface area contributed by atoms with Crippen LogP contribution in [0.5, 0.6) is 0 Å². The highest BCUT2D eigenvalue weighted by Crippen LogP contribution is 1.91. The van der Waals surface area contributed by atoms with E-state index in [1.54, 1.807) is 11.5 Å². The lowest BCUT2D eigenvalue weighted by molar-refractivity contribution is -0.627. The largest absolute Gasteiger partial charge is 0.298 e. The van der Waals surface area contributed by atoms with Crippen LogP contribution in [0.1, 0.15) is 11.9 Å². The third kappa shape index (κ3) is 1.04. The third-order valence-corrected chi connectivity index (χ3v) is 1.89. The van der Waals surface area contributed by atoms with Crippen LogP contribution in [-0.4, -0.2) is 4.98 Å². The Balaban J connectivity index is 2.84. The number of nitrogens with zero attached hydrogens (tertiary/aromatic N) is 2. The smallest absolute Gasteiger partial charge is 0.176 e. The lowest BCUT2D eigenvalue weighted by atomic mass is 10.8. The molecule has 0 aliphatic heterocycles. The van der Waals surface area contributed by atoms with Crippen molar-refractivity contribution in [3.05, 3.63) is 11.3 Å². The highest BCUT2D eigenvalue weighted by molar-refractivity contribution is 7.01. The minimum Gasteiger partial charge on any atom is -0.176 e. The molecule has 0 bridgehead atoms. The summed E-state index contributed by atoms with van der Waals surface area (Å²) in [7, 11) is 0. The molecular weight excluding hydrogens is 120 g/mol. The molecule has 0 fully saturated rings. The summed E-state index contributed by atoms with van der Waals surface area (Å²) in [4.78, 5) is 4.07. The van der Waals surface area contributed by atoms with Gasteiger partial charge in [-0.25, -0.2) is 0 Å². The Morgan fingerprint density at radius 2 is 2.62 bits per heavy atom. The summed E-state index contributed by atoms with van der Waals surface area (Å²) in [6, 6.07) is 0. The molecule has 0 amide bonds. The van der Waals surface area contributed by atoms with E-state index in [9.17, 15) is 0 Å². The molecule has 0 atom stereocenters. The second-order valence-corrected chi connectivity index (χ2v) is 2.83. The van der Waals surface area contributed by atoms with Crippen molar-refractivity contribution in [2.75, 3.05) is 0 Å². The Morgan fingerprint density at radius 3 is 2.88 bits per heavy atom. The lowest BCUT2D eigenvalue weighted by Gasteiger charge is -1.76. The van der Waals surface area contributed by atoms with Crippen LogP contribution >= 0.6 is 11.5 Å². The summed E-state index contributed by atoms with van der Waals surface area (Å²) in [6.07, 6.45) is 1.86. The molecule has 8 heavy (non-hydrogen) atoms. The first-order valence-corrected chi connectivity index (χ1v) is 3.42. The lowest BCUT2D eigenvalue weighted by Crippen LogP contribution is -2.24. The van der Waals surface area contributed by atoms with Crippen LogP contribution in [0, 0.1) is 6.92 Å². The summed E-state index contributed by atoms with van der Waals surface area (Å²) in [6.45, 7) is 5.15. The molecule has 0 aliphatic rings. The fourth-order valence-corrected chi connectivity index (χ4v) is 1.17. The topological polar surface area (TPSA) is 16.8 Å². The van der Waals surface area contributed by atoms with E-state index in [1.807, 2.05) is 13.3 Å². The molecule has 0 spiro atoms. The molecular formula is C5H9N2S+. The minimum atomic E-state index is 1.03. The van der Waals surface area contributed by atoms with Gasteiger partial charge in [-0.05, 0) is 11.9 Å². The molecule has 0 saturated heterocycles. The minimum absolute atomic E-state index is 1.03. The molecule has 0 saturated carbocycles. The molecule has 1 aromatic rings. The zero-order chi connectivity index (χ0) is 5.98. The second-order valence-electron chi connectivity index (χ2n) is 1.59. The molecule has 0 aromatic carbocycles. The maximum atomic E-state index is 4.07. The summed E-state index contributed by atoms with van der Waals surface area (Å²) in [5.74, 6) is 0. The van der Waals surface area contributed by atoms with Gasteiger partial charge in [-0.2, -0.15) is 3.96 Å². The number of rotatable bonds is 1. The second kappa shape index (κ2) is 2.22. The van der Waals surface area contributed by atoms with E-state index in [-0.39, 0.29) is 0 Å². The van der Waals surface area contributed by atoms with Gasteiger partial charge in [0.1, 0.15) is 0 Å². The summed E-state index contributed by atoms with van der Waals surface area (Å²) >= 11 is 1.69. The number of aromatic nitrogens is 2. The van der Waals surface area contributed by atoms with Crippen molar-refractivity contribution in [2.45, 2.75) is 20.4 Å². The van der Waals surface area contributed by atoms with Crippen LogP contribution in [-0.2, 0) is 6.54 Å². The van der Waals surface area contributed by atoms with Crippen molar-refractivity contribution in [1.82, 2.24) is 4.98 Å². The quantitative estimate of drug-likeness (QED) is 0.511. The molecule has 1 aromatic heterocycles. The fraction of sp³-hybridized carbons (Fsp3) is 0.600. The number of hydrogen-bond donors (Lipinski definition) is 0. The molecule has 1 heterocycles. The van der Waals surface area contributed by atoms with E-state index in [2.05, 4.69) is 15.9 Å². The Morgan fingerprint density at radius 1 is 1.88 bits per heavy atom. The van der Waals surface area contributed by atoms with Crippen molar-refractivity contribution in [1.29, 1.82) is 0 Å². The van der Waals surface area contributed by atoms with Gasteiger partial charge in [0.05, 0.1) is 18.1 Å². The maximum absolute atomic E-state index is 4.07. The van der Waals surface area contributed by atoms with Crippen molar-refractivity contribution in [2.24, 2.45) is 0 Å². The normalized spacial score (nSPS) is 9.75. The Labute approximate surface area is 53.0 Å². The Kier molecular flexibility index (Phi) is 1.58. The number of aryl methyl sites for hydroxylation is 2. The van der Waals surface area contributed by atoms with Gasteiger partial charge >= 0.3 is 0 Å². The highest BCUT2D eigenvalue weighted by atomic mass is 32.1. The van der Waals surface area contributed by atoms with Crippen LogP contribution in [0.2, 0.25) is 0 Å². The van der Waals surface area contributed by atoms with Crippen LogP contribution in [0.3, 0.4) is 0 Å². The molecule has 3 heteroatoms. The first kappa shape index (κ1) is 5.69. The predicted molar refractivity (Wildman–Crippen MR) is 32.7 cm³/mol. The molecule has 2 nitrogen and oxygen atoms in total. The van der Waals surface area contributed by atoms with Crippen LogP contribution < -0.4 is 3.96 Å². The molecule has 0 radical (unpaired) electrons.